The van der Waals surface area contributed by atoms with Gasteiger partial charge in [-0.15, -0.1) is 0 Å². The van der Waals surface area contributed by atoms with Crippen molar-refractivity contribution in [2.75, 3.05) is 12.3 Å². The van der Waals surface area contributed by atoms with Crippen molar-refractivity contribution in [1.82, 2.24) is 0 Å². The van der Waals surface area contributed by atoms with Gasteiger partial charge in [0.15, 0.2) is 5.05 Å². The average Bonchev–Trinajstić information content (AvgIpc) is 2.40. The monoisotopic (exact) mass is 257 g/mol. The van der Waals surface area contributed by atoms with Crippen molar-refractivity contribution in [3.8, 4) is 11.1 Å². The maximum atomic E-state index is 6.07. The molecule has 0 amide bonds. The second kappa shape index (κ2) is 5.65. The van der Waals surface area contributed by atoms with Gasteiger partial charge in [-0.2, -0.15) is 0 Å². The van der Waals surface area contributed by atoms with Crippen molar-refractivity contribution in [3.63, 3.8) is 0 Å². The molecule has 0 aliphatic heterocycles. The Morgan fingerprint density at radius 1 is 1.17 bits per heavy atom. The van der Waals surface area contributed by atoms with Gasteiger partial charge in [-0.25, -0.2) is 0 Å². The van der Waals surface area contributed by atoms with Crippen molar-refractivity contribution in [2.45, 2.75) is 6.92 Å². The third-order valence-corrected chi connectivity index (χ3v) is 3.00. The minimum Gasteiger partial charge on any atom is -0.483 e. The predicted octanol–water partition coefficient (Wildman–Crippen LogP) is 3.65. The summed E-state index contributed by atoms with van der Waals surface area (Å²) in [5, 5.41) is 0.490. The van der Waals surface area contributed by atoms with Gasteiger partial charge in [0, 0.05) is 16.8 Å². The summed E-state index contributed by atoms with van der Waals surface area (Å²) in [5.74, 6) is 0. The molecule has 2 aromatic rings. The number of ether oxygens (including phenoxy) is 1. The van der Waals surface area contributed by atoms with Crippen LogP contribution >= 0.6 is 12.2 Å². The lowest BCUT2D eigenvalue weighted by Crippen LogP contribution is -2.04. The Balaban J connectivity index is 2.34. The molecule has 0 saturated carbocycles. The molecule has 0 aliphatic rings. The summed E-state index contributed by atoms with van der Waals surface area (Å²) in [6.45, 7) is 2.48. The van der Waals surface area contributed by atoms with Crippen LogP contribution in [0.15, 0.2) is 48.5 Å². The van der Waals surface area contributed by atoms with Gasteiger partial charge >= 0.3 is 0 Å². The van der Waals surface area contributed by atoms with E-state index in [1.165, 1.54) is 0 Å². The molecule has 2 N–H and O–H groups in total. The van der Waals surface area contributed by atoms with E-state index in [4.69, 9.17) is 22.7 Å². The zero-order valence-corrected chi connectivity index (χ0v) is 11.0. The van der Waals surface area contributed by atoms with Crippen LogP contribution in [-0.4, -0.2) is 11.7 Å². The molecule has 0 spiro atoms. The molecule has 2 nitrogen and oxygen atoms in total. The van der Waals surface area contributed by atoms with E-state index >= 15 is 0 Å². The molecule has 18 heavy (non-hydrogen) atoms. The Kier molecular flexibility index (Phi) is 3.95. The van der Waals surface area contributed by atoms with Crippen molar-refractivity contribution >= 4 is 23.0 Å². The van der Waals surface area contributed by atoms with E-state index in [0.717, 1.165) is 16.7 Å². The van der Waals surface area contributed by atoms with Crippen LogP contribution in [0.25, 0.3) is 11.1 Å². The smallest absolute Gasteiger partial charge is 0.191 e. The molecular formula is C15H15NOS. The molecule has 0 aliphatic carbocycles. The molecular weight excluding hydrogens is 242 g/mol. The van der Waals surface area contributed by atoms with E-state index in [-0.39, 0.29) is 0 Å². The van der Waals surface area contributed by atoms with E-state index in [2.05, 4.69) is 0 Å². The topological polar surface area (TPSA) is 35.2 Å². The van der Waals surface area contributed by atoms with E-state index in [1.54, 1.807) is 0 Å². The van der Waals surface area contributed by atoms with Gasteiger partial charge in [-0.3, -0.25) is 0 Å². The van der Waals surface area contributed by atoms with Crippen molar-refractivity contribution in [3.05, 3.63) is 54.1 Å². The third-order valence-electron chi connectivity index (χ3n) is 2.65. The van der Waals surface area contributed by atoms with Crippen LogP contribution in [0.5, 0.6) is 0 Å². The molecule has 0 heterocycles. The Labute approximate surface area is 112 Å². The molecule has 0 aromatic heterocycles. The second-order valence-corrected chi connectivity index (χ2v) is 4.26. The number of hydrogen-bond acceptors (Lipinski definition) is 3. The summed E-state index contributed by atoms with van der Waals surface area (Å²) in [7, 11) is 0. The molecule has 0 saturated heterocycles. The molecule has 3 heteroatoms. The maximum absolute atomic E-state index is 6.07. The lowest BCUT2D eigenvalue weighted by Gasteiger charge is -2.09. The van der Waals surface area contributed by atoms with Gasteiger partial charge in [-0.1, -0.05) is 36.4 Å². The molecule has 0 atom stereocenters. The van der Waals surface area contributed by atoms with Crippen LogP contribution in [0.2, 0.25) is 0 Å². The molecule has 92 valence electrons. The summed E-state index contributed by atoms with van der Waals surface area (Å²) in [5.41, 5.74) is 9.75. The summed E-state index contributed by atoms with van der Waals surface area (Å²) in [6, 6.07) is 15.8. The zero-order chi connectivity index (χ0) is 13.0. The summed E-state index contributed by atoms with van der Waals surface area (Å²) in [4.78, 5) is 0. The van der Waals surface area contributed by atoms with Crippen LogP contribution in [0, 0.1) is 0 Å². The highest BCUT2D eigenvalue weighted by Crippen LogP contribution is 2.26. The highest BCUT2D eigenvalue weighted by molar-refractivity contribution is 7.80. The highest BCUT2D eigenvalue weighted by Gasteiger charge is 2.06. The SMILES string of the molecule is CCOC(=S)c1ccc(-c2ccccc2)c(N)c1. The molecule has 0 bridgehead atoms. The minimum absolute atomic E-state index is 0.490. The van der Waals surface area contributed by atoms with E-state index < -0.39 is 0 Å². The predicted molar refractivity (Wildman–Crippen MR) is 79.6 cm³/mol. The van der Waals surface area contributed by atoms with E-state index in [9.17, 15) is 0 Å². The lowest BCUT2D eigenvalue weighted by molar-refractivity contribution is 0.337. The quantitative estimate of drug-likeness (QED) is 0.673. The van der Waals surface area contributed by atoms with Crippen LogP contribution in [0.3, 0.4) is 0 Å². The number of nitrogen functional groups attached to an aromatic ring is 1. The summed E-state index contributed by atoms with van der Waals surface area (Å²) < 4.78 is 5.30. The second-order valence-electron chi connectivity index (χ2n) is 3.89. The van der Waals surface area contributed by atoms with Gasteiger partial charge in [0.05, 0.1) is 6.61 Å². The van der Waals surface area contributed by atoms with Crippen molar-refractivity contribution in [2.24, 2.45) is 0 Å². The first-order valence-corrected chi connectivity index (χ1v) is 6.25. The van der Waals surface area contributed by atoms with Crippen LogP contribution in [0.4, 0.5) is 5.69 Å². The number of hydrogen-bond donors (Lipinski definition) is 1. The maximum Gasteiger partial charge on any atom is 0.191 e. The van der Waals surface area contributed by atoms with Crippen LogP contribution < -0.4 is 5.73 Å². The first kappa shape index (κ1) is 12.6. The largest absolute Gasteiger partial charge is 0.483 e. The average molecular weight is 257 g/mol. The molecule has 2 aromatic carbocycles. The van der Waals surface area contributed by atoms with Gasteiger partial charge < -0.3 is 10.5 Å². The number of nitrogens with two attached hydrogens (primary N) is 1. The van der Waals surface area contributed by atoms with E-state index in [0.29, 0.717) is 17.3 Å². The minimum atomic E-state index is 0.490. The fourth-order valence-electron chi connectivity index (χ4n) is 1.78. The Morgan fingerprint density at radius 2 is 1.89 bits per heavy atom. The van der Waals surface area contributed by atoms with Crippen LogP contribution in [-0.2, 0) is 4.74 Å². The molecule has 0 unspecified atom stereocenters. The third kappa shape index (κ3) is 2.68. The molecule has 2 rings (SSSR count). The first-order valence-electron chi connectivity index (χ1n) is 5.84. The fourth-order valence-corrected chi connectivity index (χ4v) is 2.03. The number of rotatable bonds is 3. The molecule has 0 radical (unpaired) electrons. The van der Waals surface area contributed by atoms with Gasteiger partial charge in [0.2, 0.25) is 0 Å². The number of thiocarbonyl (C=S) groups is 1. The van der Waals surface area contributed by atoms with Crippen LogP contribution in [0.1, 0.15) is 12.5 Å². The standard InChI is InChI=1S/C15H15NOS/c1-2-17-15(18)12-8-9-13(14(16)10-12)11-6-4-3-5-7-11/h3-10H,2,16H2,1H3. The zero-order valence-electron chi connectivity index (χ0n) is 10.2. The summed E-state index contributed by atoms with van der Waals surface area (Å²) in [6.07, 6.45) is 0. The highest BCUT2D eigenvalue weighted by atomic mass is 32.1. The van der Waals surface area contributed by atoms with E-state index in [1.807, 2.05) is 55.5 Å². The van der Waals surface area contributed by atoms with Gasteiger partial charge in [0.1, 0.15) is 0 Å². The van der Waals surface area contributed by atoms with Gasteiger partial charge in [-0.05, 0) is 36.8 Å². The number of benzene rings is 2. The van der Waals surface area contributed by atoms with Crippen molar-refractivity contribution in [1.29, 1.82) is 0 Å². The lowest BCUT2D eigenvalue weighted by atomic mass is 10.0. The first-order chi connectivity index (χ1) is 8.72. The van der Waals surface area contributed by atoms with Gasteiger partial charge in [0.25, 0.3) is 0 Å². The number of anilines is 1. The Morgan fingerprint density at radius 3 is 2.50 bits per heavy atom. The summed E-state index contributed by atoms with van der Waals surface area (Å²) >= 11 is 5.16. The Bertz CT molecular complexity index is 552. The Hall–Kier alpha value is -1.87. The molecule has 0 fully saturated rings. The normalized spacial score (nSPS) is 10.1. The fraction of sp³-hybridized carbons (Fsp3) is 0.133. The van der Waals surface area contributed by atoms with Crippen molar-refractivity contribution < 1.29 is 4.74 Å².